The molecule has 3 nitrogen and oxygen atoms in total. The minimum Gasteiger partial charge on any atom is -0.384 e. The summed E-state index contributed by atoms with van der Waals surface area (Å²) in [5.41, 5.74) is -2.71. The Bertz CT molecular complexity index is 562. The van der Waals surface area contributed by atoms with Crippen LogP contribution in [0, 0.1) is 18.8 Å². The molecule has 0 radical (unpaired) electrons. The summed E-state index contributed by atoms with van der Waals surface area (Å²) in [5, 5.41) is 11.1. The average Bonchev–Trinajstić information content (AvgIpc) is 2.41. The van der Waals surface area contributed by atoms with Crippen LogP contribution in [0.1, 0.15) is 21.5 Å². The largest absolute Gasteiger partial charge is 0.441 e. The van der Waals surface area contributed by atoms with Gasteiger partial charge in [0.1, 0.15) is 6.61 Å². The van der Waals surface area contributed by atoms with Gasteiger partial charge in [0.25, 0.3) is 5.91 Å². The summed E-state index contributed by atoms with van der Waals surface area (Å²) >= 11 is -0.176. The van der Waals surface area contributed by atoms with Gasteiger partial charge < -0.3 is 10.4 Å². The second kappa shape index (κ2) is 7.96. The number of carbonyl (C=O) groups is 1. The van der Waals surface area contributed by atoms with E-state index in [0.29, 0.717) is 16.7 Å². The van der Waals surface area contributed by atoms with E-state index in [1.54, 1.807) is 25.1 Å². The van der Waals surface area contributed by atoms with Crippen molar-refractivity contribution >= 4 is 17.7 Å². The van der Waals surface area contributed by atoms with Crippen molar-refractivity contribution in [2.45, 2.75) is 12.4 Å². The molecule has 0 unspecified atom stereocenters. The molecule has 0 aliphatic rings. The van der Waals surface area contributed by atoms with Crippen molar-refractivity contribution in [3.05, 3.63) is 34.9 Å². The molecule has 7 heteroatoms. The monoisotopic (exact) mass is 317 g/mol. The van der Waals surface area contributed by atoms with Crippen LogP contribution in [0.2, 0.25) is 0 Å². The summed E-state index contributed by atoms with van der Waals surface area (Å²) in [6.07, 6.45) is 0. The van der Waals surface area contributed by atoms with Gasteiger partial charge in [0.05, 0.1) is 0 Å². The average molecular weight is 317 g/mol. The van der Waals surface area contributed by atoms with Gasteiger partial charge in [0, 0.05) is 23.4 Å². The van der Waals surface area contributed by atoms with E-state index in [1.807, 2.05) is 0 Å². The number of alkyl halides is 3. The zero-order valence-corrected chi connectivity index (χ0v) is 12.1. The number of amides is 1. The van der Waals surface area contributed by atoms with Gasteiger partial charge in [0.15, 0.2) is 0 Å². The lowest BCUT2D eigenvalue weighted by atomic mass is 10.0. The van der Waals surface area contributed by atoms with Gasteiger partial charge in [-0.2, -0.15) is 13.2 Å². The fourth-order valence-electron chi connectivity index (χ4n) is 1.58. The summed E-state index contributed by atoms with van der Waals surface area (Å²) in [4.78, 5) is 11.9. The van der Waals surface area contributed by atoms with Crippen LogP contribution in [0.3, 0.4) is 0 Å². The van der Waals surface area contributed by atoms with Crippen LogP contribution in [0.15, 0.2) is 18.2 Å². The Hall–Kier alpha value is -1.65. The molecule has 0 aromatic heterocycles. The van der Waals surface area contributed by atoms with E-state index < -0.39 is 11.4 Å². The third-order valence-electron chi connectivity index (χ3n) is 2.53. The Labute approximate surface area is 124 Å². The molecule has 114 valence electrons. The Balaban J connectivity index is 2.66. The highest BCUT2D eigenvalue weighted by Gasteiger charge is 2.27. The predicted molar refractivity (Wildman–Crippen MR) is 76.0 cm³/mol. The molecule has 0 atom stereocenters. The number of aliphatic hydroxyl groups excluding tert-OH is 1. The van der Waals surface area contributed by atoms with Crippen LogP contribution in [-0.2, 0) is 0 Å². The van der Waals surface area contributed by atoms with Crippen LogP contribution in [0.4, 0.5) is 13.2 Å². The van der Waals surface area contributed by atoms with E-state index in [-0.39, 0.29) is 30.7 Å². The molecule has 1 aromatic carbocycles. The number of thioether (sulfide) groups is 1. The van der Waals surface area contributed by atoms with E-state index in [4.69, 9.17) is 5.11 Å². The molecule has 0 saturated carbocycles. The maximum atomic E-state index is 12.0. The van der Waals surface area contributed by atoms with E-state index in [2.05, 4.69) is 17.2 Å². The van der Waals surface area contributed by atoms with Gasteiger partial charge in [-0.3, -0.25) is 4.79 Å². The number of rotatable bonds is 4. The first-order chi connectivity index (χ1) is 9.85. The number of benzene rings is 1. The molecule has 1 aromatic rings. The zero-order chi connectivity index (χ0) is 15.9. The molecule has 21 heavy (non-hydrogen) atoms. The second-order valence-electron chi connectivity index (χ2n) is 3.99. The molecule has 0 bridgehead atoms. The van der Waals surface area contributed by atoms with Gasteiger partial charge in [-0.15, -0.1) is 0 Å². The molecule has 1 amide bonds. The van der Waals surface area contributed by atoms with E-state index in [0.717, 1.165) is 0 Å². The lowest BCUT2D eigenvalue weighted by Crippen LogP contribution is -2.27. The summed E-state index contributed by atoms with van der Waals surface area (Å²) < 4.78 is 35.9. The van der Waals surface area contributed by atoms with Crippen molar-refractivity contribution in [1.29, 1.82) is 0 Å². The second-order valence-corrected chi connectivity index (χ2v) is 5.15. The Morgan fingerprint density at radius 2 is 2.14 bits per heavy atom. The molecule has 0 heterocycles. The molecule has 0 aliphatic carbocycles. The highest BCUT2D eigenvalue weighted by molar-refractivity contribution is 8.00. The van der Waals surface area contributed by atoms with Crippen LogP contribution >= 0.6 is 11.8 Å². The number of halogens is 3. The molecule has 0 aliphatic heterocycles. The summed E-state index contributed by atoms with van der Waals surface area (Å²) in [6.45, 7) is 1.33. The van der Waals surface area contributed by atoms with Gasteiger partial charge in [-0.05, 0) is 36.4 Å². The first-order valence-electron chi connectivity index (χ1n) is 6.03. The summed E-state index contributed by atoms with van der Waals surface area (Å²) in [6, 6.07) is 4.91. The molecule has 0 fully saturated rings. The number of aliphatic hydroxyl groups is 1. The van der Waals surface area contributed by atoms with Crippen molar-refractivity contribution < 1.29 is 23.1 Å². The van der Waals surface area contributed by atoms with Crippen molar-refractivity contribution in [3.8, 4) is 11.8 Å². The third kappa shape index (κ3) is 6.10. The molecule has 1 rings (SSSR count). The minimum absolute atomic E-state index is 0.0744. The highest BCUT2D eigenvalue weighted by atomic mass is 32.2. The molecule has 2 N–H and O–H groups in total. The normalized spacial score (nSPS) is 10.7. The van der Waals surface area contributed by atoms with Gasteiger partial charge in [-0.25, -0.2) is 0 Å². The van der Waals surface area contributed by atoms with Crippen LogP contribution in [-0.4, -0.2) is 35.4 Å². The van der Waals surface area contributed by atoms with Crippen molar-refractivity contribution in [1.82, 2.24) is 5.32 Å². The number of nitrogens with one attached hydrogen (secondary N) is 1. The maximum absolute atomic E-state index is 12.0. The standard InChI is InChI=1S/C14H14F3NO2S/c1-10-11(5-3-8-19)4-2-6-12(10)13(20)18-7-9-21-14(15,16)17/h2,4,6,19H,7-9H2,1H3,(H,18,20). The fraction of sp³-hybridized carbons (Fsp3) is 0.357. The lowest BCUT2D eigenvalue weighted by Gasteiger charge is -2.09. The van der Waals surface area contributed by atoms with E-state index in [9.17, 15) is 18.0 Å². The van der Waals surface area contributed by atoms with Crippen molar-refractivity contribution in [2.75, 3.05) is 18.9 Å². The minimum atomic E-state index is -4.29. The van der Waals surface area contributed by atoms with Crippen molar-refractivity contribution in [2.24, 2.45) is 0 Å². The Morgan fingerprint density at radius 1 is 1.43 bits per heavy atom. The topological polar surface area (TPSA) is 49.3 Å². The first-order valence-corrected chi connectivity index (χ1v) is 7.02. The van der Waals surface area contributed by atoms with Crippen LogP contribution in [0.25, 0.3) is 0 Å². The van der Waals surface area contributed by atoms with Gasteiger partial charge in [-0.1, -0.05) is 17.9 Å². The molecule has 0 spiro atoms. The van der Waals surface area contributed by atoms with E-state index >= 15 is 0 Å². The SMILES string of the molecule is Cc1c(C#CCO)cccc1C(=O)NCCSC(F)(F)F. The smallest absolute Gasteiger partial charge is 0.384 e. The van der Waals surface area contributed by atoms with E-state index in [1.165, 1.54) is 0 Å². The first kappa shape index (κ1) is 17.4. The predicted octanol–water partition coefficient (Wildman–Crippen LogP) is 2.32. The molecular formula is C14H14F3NO2S. The molecule has 0 saturated heterocycles. The van der Waals surface area contributed by atoms with Gasteiger partial charge in [0.2, 0.25) is 0 Å². The van der Waals surface area contributed by atoms with Crippen LogP contribution in [0.5, 0.6) is 0 Å². The molecular weight excluding hydrogens is 303 g/mol. The van der Waals surface area contributed by atoms with Crippen molar-refractivity contribution in [3.63, 3.8) is 0 Å². The van der Waals surface area contributed by atoms with Crippen LogP contribution < -0.4 is 5.32 Å². The summed E-state index contributed by atoms with van der Waals surface area (Å²) in [5.74, 6) is 4.52. The Kier molecular flexibility index (Phi) is 6.59. The maximum Gasteiger partial charge on any atom is 0.441 e. The third-order valence-corrected chi connectivity index (χ3v) is 3.27. The number of hydrogen-bond donors (Lipinski definition) is 2. The summed E-state index contributed by atoms with van der Waals surface area (Å²) in [7, 11) is 0. The fourth-order valence-corrected chi connectivity index (χ4v) is 2.01. The quantitative estimate of drug-likeness (QED) is 0.662. The van der Waals surface area contributed by atoms with Gasteiger partial charge >= 0.3 is 5.51 Å². The number of hydrogen-bond acceptors (Lipinski definition) is 3. The highest BCUT2D eigenvalue weighted by Crippen LogP contribution is 2.29. The lowest BCUT2D eigenvalue weighted by molar-refractivity contribution is -0.0327. The Morgan fingerprint density at radius 3 is 2.76 bits per heavy atom. The number of carbonyl (C=O) groups excluding carboxylic acids is 1. The zero-order valence-electron chi connectivity index (χ0n) is 11.3.